The van der Waals surface area contributed by atoms with E-state index in [9.17, 15) is 4.79 Å². The zero-order valence-electron chi connectivity index (χ0n) is 7.39. The SMILES string of the molecule is CC1=NCC2(CCCC2)C(=O)N1. The summed E-state index contributed by atoms with van der Waals surface area (Å²) in [5.41, 5.74) is -0.125. The highest BCUT2D eigenvalue weighted by atomic mass is 16.2. The molecule has 1 fully saturated rings. The van der Waals surface area contributed by atoms with E-state index in [4.69, 9.17) is 0 Å². The average Bonchev–Trinajstić information content (AvgIpc) is 2.48. The molecule has 1 aliphatic heterocycles. The molecule has 3 nitrogen and oxygen atoms in total. The van der Waals surface area contributed by atoms with Gasteiger partial charge in [-0.25, -0.2) is 0 Å². The van der Waals surface area contributed by atoms with Crippen molar-refractivity contribution >= 4 is 11.7 Å². The zero-order chi connectivity index (χ0) is 8.60. The second-order valence-corrected chi connectivity index (χ2v) is 3.84. The molecule has 66 valence electrons. The maximum absolute atomic E-state index is 11.6. The molecular weight excluding hydrogens is 152 g/mol. The Hall–Kier alpha value is -0.860. The van der Waals surface area contributed by atoms with E-state index in [1.54, 1.807) is 0 Å². The number of rotatable bonds is 0. The van der Waals surface area contributed by atoms with Crippen molar-refractivity contribution in [3.8, 4) is 0 Å². The van der Waals surface area contributed by atoms with Gasteiger partial charge in [-0.05, 0) is 19.8 Å². The van der Waals surface area contributed by atoms with Crippen LogP contribution in [0.3, 0.4) is 0 Å². The molecule has 2 aliphatic rings. The summed E-state index contributed by atoms with van der Waals surface area (Å²) in [5.74, 6) is 0.977. The molecule has 0 atom stereocenters. The van der Waals surface area contributed by atoms with Gasteiger partial charge in [-0.2, -0.15) is 0 Å². The summed E-state index contributed by atoms with van der Waals surface area (Å²) in [4.78, 5) is 15.9. The predicted molar refractivity (Wildman–Crippen MR) is 47.0 cm³/mol. The van der Waals surface area contributed by atoms with Gasteiger partial charge in [0.1, 0.15) is 0 Å². The van der Waals surface area contributed by atoms with Gasteiger partial charge in [-0.15, -0.1) is 0 Å². The molecule has 1 amide bonds. The molecule has 0 saturated heterocycles. The molecule has 1 saturated carbocycles. The second kappa shape index (κ2) is 2.57. The first-order valence-electron chi connectivity index (χ1n) is 4.55. The quantitative estimate of drug-likeness (QED) is 0.575. The molecule has 0 aromatic rings. The van der Waals surface area contributed by atoms with Gasteiger partial charge in [0.25, 0.3) is 0 Å². The summed E-state index contributed by atoms with van der Waals surface area (Å²) in [6.45, 7) is 2.56. The second-order valence-electron chi connectivity index (χ2n) is 3.84. The number of aliphatic imine (C=N–C) groups is 1. The molecule has 1 N–H and O–H groups in total. The fourth-order valence-corrected chi connectivity index (χ4v) is 2.12. The van der Waals surface area contributed by atoms with Gasteiger partial charge in [-0.1, -0.05) is 12.8 Å². The number of nitrogens with zero attached hydrogens (tertiary/aromatic N) is 1. The lowest BCUT2D eigenvalue weighted by Crippen LogP contribution is -2.47. The number of amidine groups is 1. The Morgan fingerprint density at radius 2 is 2.08 bits per heavy atom. The van der Waals surface area contributed by atoms with Gasteiger partial charge in [0.2, 0.25) is 5.91 Å². The van der Waals surface area contributed by atoms with Crippen molar-refractivity contribution in [1.29, 1.82) is 0 Å². The summed E-state index contributed by atoms with van der Waals surface area (Å²) in [6, 6.07) is 0. The van der Waals surface area contributed by atoms with Crippen molar-refractivity contribution in [3.05, 3.63) is 0 Å². The Bertz CT molecular complexity index is 239. The Balaban J connectivity index is 2.22. The minimum atomic E-state index is -0.125. The van der Waals surface area contributed by atoms with Crippen molar-refractivity contribution in [2.75, 3.05) is 6.54 Å². The number of carbonyl (C=O) groups is 1. The molecule has 0 aromatic heterocycles. The van der Waals surface area contributed by atoms with E-state index in [1.807, 2.05) is 6.92 Å². The fourth-order valence-electron chi connectivity index (χ4n) is 2.12. The first-order chi connectivity index (χ1) is 5.73. The molecule has 0 bridgehead atoms. The minimum absolute atomic E-state index is 0.125. The van der Waals surface area contributed by atoms with Crippen LogP contribution in [-0.2, 0) is 4.79 Å². The van der Waals surface area contributed by atoms with E-state index in [0.29, 0.717) is 6.54 Å². The molecule has 0 radical (unpaired) electrons. The summed E-state index contributed by atoms with van der Waals surface area (Å²) >= 11 is 0. The van der Waals surface area contributed by atoms with Crippen LogP contribution in [0.25, 0.3) is 0 Å². The van der Waals surface area contributed by atoms with Crippen LogP contribution in [0.1, 0.15) is 32.6 Å². The van der Waals surface area contributed by atoms with Crippen LogP contribution in [0.2, 0.25) is 0 Å². The molecule has 0 unspecified atom stereocenters. The third-order valence-electron chi connectivity index (χ3n) is 2.96. The van der Waals surface area contributed by atoms with Gasteiger partial charge in [0.15, 0.2) is 0 Å². The molecule has 2 rings (SSSR count). The Kier molecular flexibility index (Phi) is 1.67. The third-order valence-corrected chi connectivity index (χ3v) is 2.96. The van der Waals surface area contributed by atoms with Gasteiger partial charge in [0, 0.05) is 0 Å². The number of nitrogens with one attached hydrogen (secondary N) is 1. The highest BCUT2D eigenvalue weighted by Gasteiger charge is 2.42. The van der Waals surface area contributed by atoms with E-state index in [1.165, 1.54) is 12.8 Å². The summed E-state index contributed by atoms with van der Waals surface area (Å²) < 4.78 is 0. The molecule has 1 aliphatic carbocycles. The van der Waals surface area contributed by atoms with Gasteiger partial charge >= 0.3 is 0 Å². The van der Waals surface area contributed by atoms with E-state index >= 15 is 0 Å². The van der Waals surface area contributed by atoms with Crippen molar-refractivity contribution in [2.24, 2.45) is 10.4 Å². The van der Waals surface area contributed by atoms with Crippen molar-refractivity contribution in [2.45, 2.75) is 32.6 Å². The first kappa shape index (κ1) is 7.77. The van der Waals surface area contributed by atoms with Crippen LogP contribution in [0.4, 0.5) is 0 Å². The third kappa shape index (κ3) is 1.04. The minimum Gasteiger partial charge on any atom is -0.314 e. The molecule has 0 aromatic carbocycles. The van der Waals surface area contributed by atoms with Crippen LogP contribution in [0.15, 0.2) is 4.99 Å². The molecule has 1 spiro atoms. The smallest absolute Gasteiger partial charge is 0.233 e. The lowest BCUT2D eigenvalue weighted by molar-refractivity contribution is -0.129. The van der Waals surface area contributed by atoms with Gasteiger partial charge in [-0.3, -0.25) is 9.79 Å². The maximum Gasteiger partial charge on any atom is 0.233 e. The summed E-state index contributed by atoms with van der Waals surface area (Å²) in [7, 11) is 0. The van der Waals surface area contributed by atoms with Crippen LogP contribution in [0.5, 0.6) is 0 Å². The normalized spacial score (nSPS) is 27.1. The predicted octanol–water partition coefficient (Wildman–Crippen LogP) is 1.09. The van der Waals surface area contributed by atoms with E-state index < -0.39 is 0 Å². The van der Waals surface area contributed by atoms with Crippen LogP contribution in [0, 0.1) is 5.41 Å². The Morgan fingerprint density at radius 3 is 2.67 bits per heavy atom. The number of hydrogen-bond donors (Lipinski definition) is 1. The lowest BCUT2D eigenvalue weighted by atomic mass is 9.84. The Morgan fingerprint density at radius 1 is 1.42 bits per heavy atom. The summed E-state index contributed by atoms with van der Waals surface area (Å²) in [5, 5.41) is 2.82. The number of hydrogen-bond acceptors (Lipinski definition) is 2. The largest absolute Gasteiger partial charge is 0.314 e. The van der Waals surface area contributed by atoms with E-state index in [-0.39, 0.29) is 11.3 Å². The van der Waals surface area contributed by atoms with Crippen LogP contribution >= 0.6 is 0 Å². The zero-order valence-corrected chi connectivity index (χ0v) is 7.39. The van der Waals surface area contributed by atoms with Crippen LogP contribution < -0.4 is 5.32 Å². The number of amides is 1. The van der Waals surface area contributed by atoms with Crippen molar-refractivity contribution < 1.29 is 4.79 Å². The topological polar surface area (TPSA) is 41.5 Å². The van der Waals surface area contributed by atoms with Crippen molar-refractivity contribution in [1.82, 2.24) is 5.32 Å². The Labute approximate surface area is 72.3 Å². The monoisotopic (exact) mass is 166 g/mol. The van der Waals surface area contributed by atoms with E-state index in [0.717, 1.165) is 18.7 Å². The maximum atomic E-state index is 11.6. The van der Waals surface area contributed by atoms with Gasteiger partial charge in [0.05, 0.1) is 17.8 Å². The standard InChI is InChI=1S/C9H14N2O/c1-7-10-6-9(8(12)11-7)4-2-3-5-9/h2-6H2,1H3,(H,10,11,12). The first-order valence-corrected chi connectivity index (χ1v) is 4.55. The fraction of sp³-hybridized carbons (Fsp3) is 0.778. The highest BCUT2D eigenvalue weighted by Crippen LogP contribution is 2.39. The van der Waals surface area contributed by atoms with Crippen molar-refractivity contribution in [3.63, 3.8) is 0 Å². The molecule has 3 heteroatoms. The molecule has 1 heterocycles. The van der Waals surface area contributed by atoms with E-state index in [2.05, 4.69) is 10.3 Å². The summed E-state index contributed by atoms with van der Waals surface area (Å²) in [6.07, 6.45) is 4.41. The molecular formula is C9H14N2O. The van der Waals surface area contributed by atoms with Crippen LogP contribution in [-0.4, -0.2) is 18.3 Å². The van der Waals surface area contributed by atoms with Gasteiger partial charge < -0.3 is 5.32 Å². The molecule has 12 heavy (non-hydrogen) atoms. The lowest BCUT2D eigenvalue weighted by Gasteiger charge is -2.29. The highest BCUT2D eigenvalue weighted by molar-refractivity contribution is 6.01. The number of carbonyl (C=O) groups excluding carboxylic acids is 1. The average molecular weight is 166 g/mol.